The molecule has 4 aliphatic rings. The molecule has 0 radical (unpaired) electrons. The van der Waals surface area contributed by atoms with Gasteiger partial charge in [-0.15, -0.1) is 0 Å². The molecule has 3 heterocycles. The molecule has 4 rings (SSSR count). The van der Waals surface area contributed by atoms with Gasteiger partial charge in [0.25, 0.3) is 0 Å². The number of hydroxylamine groups is 1. The molecule has 11 heavy (non-hydrogen) atoms. The van der Waals surface area contributed by atoms with Crippen LogP contribution in [0.2, 0.25) is 0 Å². The lowest BCUT2D eigenvalue weighted by atomic mass is 10.0. The first-order valence-corrected chi connectivity index (χ1v) is 3.65. The molecule has 0 unspecified atom stereocenters. The molecule has 58 valence electrons. The van der Waals surface area contributed by atoms with Gasteiger partial charge in [-0.25, -0.2) is 0 Å². The minimum Gasteiger partial charge on any atom is -0.404 e. The lowest BCUT2D eigenvalue weighted by molar-refractivity contribution is -0.252. The Labute approximate surface area is 63.3 Å². The third kappa shape index (κ3) is 0.574. The van der Waals surface area contributed by atoms with Crippen LogP contribution in [0, 0.1) is 0 Å². The zero-order valence-electron chi connectivity index (χ0n) is 5.85. The van der Waals surface area contributed by atoms with Crippen LogP contribution >= 0.6 is 0 Å². The number of hydrogen-bond donors (Lipinski definition) is 1. The molecule has 2 bridgehead atoms. The Hall–Kier alpha value is -1.16. The van der Waals surface area contributed by atoms with E-state index in [1.54, 1.807) is 0 Å². The zero-order chi connectivity index (χ0) is 7.26. The molecule has 0 amide bonds. The average Bonchev–Trinajstić information content (AvgIpc) is 2.55. The standard InChI is InChI=1S/C7H7NO3/c1-2-6-7-4(3-8-9-7)5(1)10-11-6/h8H,1-3H2. The molecular formula is C7H7NO3. The third-order valence-electron chi connectivity index (χ3n) is 2.11. The summed E-state index contributed by atoms with van der Waals surface area (Å²) in [6.07, 6.45) is 1.84. The van der Waals surface area contributed by atoms with Crippen molar-refractivity contribution in [2.24, 2.45) is 0 Å². The summed E-state index contributed by atoms with van der Waals surface area (Å²) >= 11 is 0. The van der Waals surface area contributed by atoms with Gasteiger partial charge in [-0.2, -0.15) is 5.48 Å². The van der Waals surface area contributed by atoms with Gasteiger partial charge in [0.15, 0.2) is 11.5 Å². The van der Waals surface area contributed by atoms with E-state index in [9.17, 15) is 0 Å². The SMILES string of the molecule is C1CC2=C3ONCC3=C1OO2. The number of fused-ring (bicyclic) bond motifs is 2. The smallest absolute Gasteiger partial charge is 0.200 e. The molecule has 0 aromatic rings. The molecule has 1 aliphatic carbocycles. The summed E-state index contributed by atoms with van der Waals surface area (Å²) in [5.41, 5.74) is 3.91. The van der Waals surface area contributed by atoms with Crippen LogP contribution in [0.1, 0.15) is 12.8 Å². The molecule has 0 aromatic heterocycles. The van der Waals surface area contributed by atoms with Crippen LogP contribution < -0.4 is 5.48 Å². The van der Waals surface area contributed by atoms with Crippen molar-refractivity contribution in [2.75, 3.05) is 6.54 Å². The molecule has 0 aromatic carbocycles. The van der Waals surface area contributed by atoms with Crippen LogP contribution in [-0.2, 0) is 14.6 Å². The van der Waals surface area contributed by atoms with Crippen LogP contribution in [0.4, 0.5) is 0 Å². The lowest BCUT2D eigenvalue weighted by Crippen LogP contribution is -2.15. The molecule has 1 N–H and O–H groups in total. The number of nitrogens with one attached hydrogen (secondary N) is 1. The Morgan fingerprint density at radius 1 is 1.09 bits per heavy atom. The number of allylic oxidation sites excluding steroid dienone is 2. The molecule has 2 fully saturated rings. The normalized spacial score (nSPS) is 26.2. The van der Waals surface area contributed by atoms with Gasteiger partial charge >= 0.3 is 0 Å². The van der Waals surface area contributed by atoms with E-state index in [1.165, 1.54) is 0 Å². The topological polar surface area (TPSA) is 39.7 Å². The quantitative estimate of drug-likeness (QED) is 0.521. The van der Waals surface area contributed by atoms with Crippen molar-refractivity contribution in [3.05, 3.63) is 22.9 Å². The van der Waals surface area contributed by atoms with Gasteiger partial charge in [0.1, 0.15) is 0 Å². The zero-order valence-corrected chi connectivity index (χ0v) is 5.85. The second-order valence-corrected chi connectivity index (χ2v) is 2.74. The van der Waals surface area contributed by atoms with E-state index in [4.69, 9.17) is 14.6 Å². The van der Waals surface area contributed by atoms with Crippen LogP contribution in [-0.4, -0.2) is 6.54 Å². The Balaban J connectivity index is 2.19. The van der Waals surface area contributed by atoms with Gasteiger partial charge in [-0.3, -0.25) is 9.78 Å². The Bertz CT molecular complexity index is 239. The van der Waals surface area contributed by atoms with Crippen molar-refractivity contribution in [1.29, 1.82) is 0 Å². The van der Waals surface area contributed by atoms with Crippen molar-refractivity contribution in [2.45, 2.75) is 12.8 Å². The predicted octanol–water partition coefficient (Wildman–Crippen LogP) is 0.742. The fraction of sp³-hybridized carbons (Fsp3) is 0.429. The van der Waals surface area contributed by atoms with Crippen molar-refractivity contribution in [3.63, 3.8) is 0 Å². The predicted molar refractivity (Wildman–Crippen MR) is 34.5 cm³/mol. The van der Waals surface area contributed by atoms with Crippen molar-refractivity contribution >= 4 is 0 Å². The Morgan fingerprint density at radius 2 is 1.91 bits per heavy atom. The van der Waals surface area contributed by atoms with Crippen molar-refractivity contribution in [3.8, 4) is 0 Å². The van der Waals surface area contributed by atoms with E-state index in [1.807, 2.05) is 0 Å². The first kappa shape index (κ1) is 5.49. The van der Waals surface area contributed by atoms with Gasteiger partial charge in [-0.1, -0.05) is 0 Å². The fourth-order valence-corrected chi connectivity index (χ4v) is 1.54. The maximum absolute atomic E-state index is 5.16. The first-order chi connectivity index (χ1) is 5.45. The van der Waals surface area contributed by atoms with Crippen LogP contribution in [0.25, 0.3) is 0 Å². The highest BCUT2D eigenvalue weighted by atomic mass is 17.2. The van der Waals surface area contributed by atoms with Crippen LogP contribution in [0.5, 0.6) is 0 Å². The second kappa shape index (κ2) is 1.71. The third-order valence-corrected chi connectivity index (χ3v) is 2.11. The monoisotopic (exact) mass is 153 g/mol. The molecule has 4 heteroatoms. The summed E-state index contributed by atoms with van der Waals surface area (Å²) in [6.45, 7) is 0.734. The summed E-state index contributed by atoms with van der Waals surface area (Å²) in [4.78, 5) is 15.1. The molecule has 0 spiro atoms. The van der Waals surface area contributed by atoms with E-state index < -0.39 is 0 Å². The number of rotatable bonds is 0. The van der Waals surface area contributed by atoms with Gasteiger partial charge in [0, 0.05) is 12.8 Å². The van der Waals surface area contributed by atoms with Gasteiger partial charge < -0.3 is 4.84 Å². The lowest BCUT2D eigenvalue weighted by Gasteiger charge is -2.24. The highest BCUT2D eigenvalue weighted by Crippen LogP contribution is 2.39. The number of hydrogen-bond acceptors (Lipinski definition) is 4. The van der Waals surface area contributed by atoms with E-state index in [-0.39, 0.29) is 0 Å². The van der Waals surface area contributed by atoms with Crippen molar-refractivity contribution in [1.82, 2.24) is 5.48 Å². The maximum Gasteiger partial charge on any atom is 0.200 e. The summed E-state index contributed by atoms with van der Waals surface area (Å²) in [7, 11) is 0. The summed E-state index contributed by atoms with van der Waals surface area (Å²) in [6, 6.07) is 0. The molecule has 3 aliphatic heterocycles. The van der Waals surface area contributed by atoms with E-state index in [2.05, 4.69) is 5.48 Å². The highest BCUT2D eigenvalue weighted by Gasteiger charge is 2.35. The molecule has 0 atom stereocenters. The van der Waals surface area contributed by atoms with Gasteiger partial charge in [0.2, 0.25) is 5.76 Å². The largest absolute Gasteiger partial charge is 0.404 e. The molecule has 2 saturated heterocycles. The minimum absolute atomic E-state index is 0.734. The summed E-state index contributed by atoms with van der Waals surface area (Å²) < 4.78 is 0. The summed E-state index contributed by atoms with van der Waals surface area (Å²) in [5.74, 6) is 2.58. The first-order valence-electron chi connectivity index (χ1n) is 3.65. The minimum atomic E-state index is 0.734. The maximum atomic E-state index is 5.16. The average molecular weight is 153 g/mol. The van der Waals surface area contributed by atoms with Crippen molar-refractivity contribution < 1.29 is 14.6 Å². The second-order valence-electron chi connectivity index (χ2n) is 2.74. The van der Waals surface area contributed by atoms with Gasteiger partial charge in [0.05, 0.1) is 12.1 Å². The molecule has 0 saturated carbocycles. The van der Waals surface area contributed by atoms with E-state index >= 15 is 0 Å². The molecule has 4 nitrogen and oxygen atoms in total. The Morgan fingerprint density at radius 3 is 2.64 bits per heavy atom. The summed E-state index contributed by atoms with van der Waals surface area (Å²) in [5, 5.41) is 0. The fourth-order valence-electron chi connectivity index (χ4n) is 1.54. The van der Waals surface area contributed by atoms with Crippen LogP contribution in [0.3, 0.4) is 0 Å². The molecular weight excluding hydrogens is 146 g/mol. The van der Waals surface area contributed by atoms with E-state index in [0.717, 1.165) is 42.2 Å². The Kier molecular flexibility index (Phi) is 0.851. The highest BCUT2D eigenvalue weighted by molar-refractivity contribution is 5.39. The van der Waals surface area contributed by atoms with Gasteiger partial charge in [-0.05, 0) is 0 Å². The van der Waals surface area contributed by atoms with E-state index in [0.29, 0.717) is 0 Å². The van der Waals surface area contributed by atoms with Crippen LogP contribution in [0.15, 0.2) is 22.9 Å².